The molecule has 0 spiro atoms. The fraction of sp³-hybridized carbons (Fsp3) is 0.455. The number of piperazine rings is 1. The normalized spacial score (nSPS) is 19.3. The first-order chi connectivity index (χ1) is 9.04. The van der Waals surface area contributed by atoms with Crippen LogP contribution in [0, 0.1) is 0 Å². The van der Waals surface area contributed by atoms with Crippen LogP contribution < -0.4 is 10.6 Å². The Morgan fingerprint density at radius 1 is 1.53 bits per heavy atom. The third kappa shape index (κ3) is 3.02. The molecule has 8 heteroatoms. The van der Waals surface area contributed by atoms with Gasteiger partial charge in [-0.05, 0) is 6.07 Å². The lowest BCUT2D eigenvalue weighted by Gasteiger charge is -2.34. The molecule has 1 aliphatic heterocycles. The van der Waals surface area contributed by atoms with Gasteiger partial charge in [0.2, 0.25) is 5.91 Å². The molecule has 2 rings (SSSR count). The second kappa shape index (κ2) is 6.09. The van der Waals surface area contributed by atoms with Crippen molar-refractivity contribution >= 4 is 46.4 Å². The van der Waals surface area contributed by atoms with E-state index in [9.17, 15) is 9.59 Å². The monoisotopic (exact) mass is 321 g/mol. The van der Waals surface area contributed by atoms with E-state index in [0.29, 0.717) is 33.9 Å². The van der Waals surface area contributed by atoms with Crippen LogP contribution in [-0.4, -0.2) is 49.4 Å². The molecular formula is C11H13Cl2N3O2S. The van der Waals surface area contributed by atoms with Crippen molar-refractivity contribution in [2.24, 2.45) is 0 Å². The van der Waals surface area contributed by atoms with Crippen LogP contribution in [0.25, 0.3) is 0 Å². The maximum Gasteiger partial charge on any atom is 0.257 e. The zero-order valence-electron chi connectivity index (χ0n) is 10.2. The van der Waals surface area contributed by atoms with E-state index in [-0.39, 0.29) is 11.8 Å². The molecule has 0 radical (unpaired) electrons. The number of hydrogen-bond donors (Lipinski definition) is 2. The van der Waals surface area contributed by atoms with Gasteiger partial charge in [-0.15, -0.1) is 11.3 Å². The molecule has 19 heavy (non-hydrogen) atoms. The summed E-state index contributed by atoms with van der Waals surface area (Å²) in [5, 5.41) is 5.66. The van der Waals surface area contributed by atoms with Crippen LogP contribution in [0.4, 0.5) is 0 Å². The van der Waals surface area contributed by atoms with Gasteiger partial charge < -0.3 is 15.5 Å². The molecule has 2 N–H and O–H groups in total. The fourth-order valence-corrected chi connectivity index (χ4v) is 3.44. The molecule has 1 fully saturated rings. The maximum atomic E-state index is 12.4. The highest BCUT2D eigenvalue weighted by Crippen LogP contribution is 2.32. The highest BCUT2D eigenvalue weighted by atomic mass is 35.5. The first-order valence-electron chi connectivity index (χ1n) is 5.72. The van der Waals surface area contributed by atoms with Crippen LogP contribution in [0.2, 0.25) is 8.67 Å². The van der Waals surface area contributed by atoms with E-state index < -0.39 is 6.04 Å². The standard InChI is InChI=1S/C11H13Cl2N3O2S/c1-14-10(17)7-5-15-2-3-16(7)11(18)6-4-8(12)19-9(6)13/h4,7,15H,2-3,5H2,1H3,(H,14,17). The summed E-state index contributed by atoms with van der Waals surface area (Å²) in [7, 11) is 1.55. The molecule has 1 aromatic rings. The number of carbonyl (C=O) groups is 2. The summed E-state index contributed by atoms with van der Waals surface area (Å²) < 4.78 is 0.809. The Morgan fingerprint density at radius 3 is 2.84 bits per heavy atom. The third-order valence-corrected chi connectivity index (χ3v) is 4.43. The van der Waals surface area contributed by atoms with Crippen LogP contribution in [0.15, 0.2) is 6.07 Å². The van der Waals surface area contributed by atoms with Gasteiger partial charge in [-0.1, -0.05) is 23.2 Å². The summed E-state index contributed by atoms with van der Waals surface area (Å²) in [6.45, 7) is 1.54. The lowest BCUT2D eigenvalue weighted by molar-refractivity contribution is -0.125. The van der Waals surface area contributed by atoms with Crippen molar-refractivity contribution in [3.63, 3.8) is 0 Å². The predicted molar refractivity (Wildman–Crippen MR) is 76.1 cm³/mol. The Hall–Kier alpha value is -0.820. The molecule has 0 saturated carbocycles. The number of nitrogens with one attached hydrogen (secondary N) is 2. The number of hydrogen-bond acceptors (Lipinski definition) is 4. The molecule has 2 heterocycles. The van der Waals surface area contributed by atoms with Crippen LogP contribution in [-0.2, 0) is 4.79 Å². The van der Waals surface area contributed by atoms with E-state index in [1.54, 1.807) is 13.1 Å². The van der Waals surface area contributed by atoms with Crippen molar-refractivity contribution in [3.05, 3.63) is 20.3 Å². The quantitative estimate of drug-likeness (QED) is 0.860. The lowest BCUT2D eigenvalue weighted by Crippen LogP contribution is -2.59. The minimum absolute atomic E-state index is 0.196. The molecule has 2 amide bonds. The van der Waals surface area contributed by atoms with Gasteiger partial charge in [0.15, 0.2) is 0 Å². The van der Waals surface area contributed by atoms with E-state index >= 15 is 0 Å². The SMILES string of the molecule is CNC(=O)C1CNCCN1C(=O)c1cc(Cl)sc1Cl. The highest BCUT2D eigenvalue weighted by molar-refractivity contribution is 7.20. The Balaban J connectivity index is 2.25. The fourth-order valence-electron chi connectivity index (χ4n) is 1.99. The van der Waals surface area contributed by atoms with Gasteiger partial charge in [0.25, 0.3) is 5.91 Å². The Morgan fingerprint density at radius 2 is 2.26 bits per heavy atom. The van der Waals surface area contributed by atoms with Crippen molar-refractivity contribution < 1.29 is 9.59 Å². The van der Waals surface area contributed by atoms with Crippen LogP contribution >= 0.6 is 34.5 Å². The molecule has 1 aromatic heterocycles. The molecular weight excluding hydrogens is 309 g/mol. The zero-order chi connectivity index (χ0) is 14.0. The van der Waals surface area contributed by atoms with Crippen molar-refractivity contribution in [1.82, 2.24) is 15.5 Å². The van der Waals surface area contributed by atoms with E-state index in [2.05, 4.69) is 10.6 Å². The van der Waals surface area contributed by atoms with Crippen molar-refractivity contribution in [3.8, 4) is 0 Å². The largest absolute Gasteiger partial charge is 0.357 e. The Bertz CT molecular complexity index is 506. The molecule has 1 saturated heterocycles. The van der Waals surface area contributed by atoms with Gasteiger partial charge in [0, 0.05) is 26.7 Å². The first kappa shape index (κ1) is 14.6. The molecule has 1 aliphatic rings. The summed E-state index contributed by atoms with van der Waals surface area (Å²) in [5.74, 6) is -0.457. The average molecular weight is 322 g/mol. The Labute approximate surface area is 124 Å². The predicted octanol–water partition coefficient (Wildman–Crippen LogP) is 1.21. The number of halogens is 2. The number of thiophene rings is 1. The van der Waals surface area contributed by atoms with Crippen molar-refractivity contribution in [2.75, 3.05) is 26.7 Å². The minimum Gasteiger partial charge on any atom is -0.357 e. The summed E-state index contributed by atoms with van der Waals surface area (Å²) >= 11 is 13.0. The van der Waals surface area contributed by atoms with Crippen LogP contribution in [0.5, 0.6) is 0 Å². The van der Waals surface area contributed by atoms with Crippen LogP contribution in [0.1, 0.15) is 10.4 Å². The number of likely N-dealkylation sites (N-methyl/N-ethyl adjacent to an activating group) is 1. The molecule has 0 bridgehead atoms. The van der Waals surface area contributed by atoms with Gasteiger partial charge in [0.05, 0.1) is 9.90 Å². The van der Waals surface area contributed by atoms with Gasteiger partial charge in [-0.3, -0.25) is 9.59 Å². The highest BCUT2D eigenvalue weighted by Gasteiger charge is 2.33. The zero-order valence-corrected chi connectivity index (χ0v) is 12.5. The summed E-state index contributed by atoms with van der Waals surface area (Å²) in [5.41, 5.74) is 0.354. The van der Waals surface area contributed by atoms with Crippen LogP contribution in [0.3, 0.4) is 0 Å². The van der Waals surface area contributed by atoms with Gasteiger partial charge in [0.1, 0.15) is 10.4 Å². The van der Waals surface area contributed by atoms with Gasteiger partial charge in [-0.2, -0.15) is 0 Å². The first-order valence-corrected chi connectivity index (χ1v) is 7.30. The molecule has 5 nitrogen and oxygen atoms in total. The molecule has 1 atom stereocenters. The molecule has 104 valence electrons. The maximum absolute atomic E-state index is 12.4. The number of rotatable bonds is 2. The summed E-state index contributed by atoms with van der Waals surface area (Å²) in [6, 6.07) is 1.01. The minimum atomic E-state index is -0.527. The van der Waals surface area contributed by atoms with E-state index in [4.69, 9.17) is 23.2 Å². The van der Waals surface area contributed by atoms with Crippen molar-refractivity contribution in [1.29, 1.82) is 0 Å². The van der Waals surface area contributed by atoms with Crippen molar-refractivity contribution in [2.45, 2.75) is 6.04 Å². The molecule has 1 unspecified atom stereocenters. The molecule has 0 aliphatic carbocycles. The Kier molecular flexibility index (Phi) is 4.67. The van der Waals surface area contributed by atoms with Gasteiger partial charge >= 0.3 is 0 Å². The average Bonchev–Trinajstić information content (AvgIpc) is 2.76. The van der Waals surface area contributed by atoms with E-state index in [1.165, 1.54) is 4.90 Å². The van der Waals surface area contributed by atoms with E-state index in [1.807, 2.05) is 0 Å². The smallest absolute Gasteiger partial charge is 0.257 e. The third-order valence-electron chi connectivity index (χ3n) is 2.94. The lowest BCUT2D eigenvalue weighted by atomic mass is 10.1. The number of nitrogens with zero attached hydrogens (tertiary/aromatic N) is 1. The van der Waals surface area contributed by atoms with E-state index in [0.717, 1.165) is 11.3 Å². The summed E-state index contributed by atoms with van der Waals surface area (Å²) in [6.07, 6.45) is 0. The summed E-state index contributed by atoms with van der Waals surface area (Å²) in [4.78, 5) is 25.8. The number of carbonyl (C=O) groups excluding carboxylic acids is 2. The second-order valence-electron chi connectivity index (χ2n) is 4.07. The number of amides is 2. The molecule has 0 aromatic carbocycles. The second-order valence-corrected chi connectivity index (χ2v) is 6.36. The van der Waals surface area contributed by atoms with Gasteiger partial charge in [-0.25, -0.2) is 0 Å². The topological polar surface area (TPSA) is 61.4 Å².